The number of furan rings is 1. The van der Waals surface area contributed by atoms with Gasteiger partial charge in [0.15, 0.2) is 0 Å². The fourth-order valence-electron chi connectivity index (χ4n) is 2.90. The molecular weight excluding hydrogens is 330 g/mol. The van der Waals surface area contributed by atoms with Gasteiger partial charge in [0.25, 0.3) is 5.69 Å². The highest BCUT2D eigenvalue weighted by Gasteiger charge is 2.09. The highest BCUT2D eigenvalue weighted by Crippen LogP contribution is 2.32. The lowest BCUT2D eigenvalue weighted by Crippen LogP contribution is -1.87. The zero-order valence-corrected chi connectivity index (χ0v) is 14.0. The van der Waals surface area contributed by atoms with Crippen molar-refractivity contribution in [2.45, 2.75) is 0 Å². The standard InChI is InChI=1S/C21H15NO4/c1-25-19-9-4-15(5-10-19)21-13-17-12-16(6-11-20(17)26-21)14-2-7-18(8-3-14)22(23)24/h2-13H,1H3. The second-order valence-electron chi connectivity index (χ2n) is 5.90. The molecule has 4 aromatic rings. The minimum absolute atomic E-state index is 0.0833. The molecule has 1 aromatic heterocycles. The molecule has 0 fully saturated rings. The molecule has 26 heavy (non-hydrogen) atoms. The highest BCUT2D eigenvalue weighted by molar-refractivity contribution is 5.87. The third kappa shape index (κ3) is 2.91. The van der Waals surface area contributed by atoms with Crippen molar-refractivity contribution in [2.24, 2.45) is 0 Å². The normalized spacial score (nSPS) is 10.8. The fourth-order valence-corrected chi connectivity index (χ4v) is 2.90. The smallest absolute Gasteiger partial charge is 0.269 e. The lowest BCUT2D eigenvalue weighted by molar-refractivity contribution is -0.384. The maximum atomic E-state index is 10.8. The van der Waals surface area contributed by atoms with E-state index in [9.17, 15) is 10.1 Å². The van der Waals surface area contributed by atoms with Crippen LogP contribution in [-0.4, -0.2) is 12.0 Å². The van der Waals surface area contributed by atoms with Gasteiger partial charge in [0.2, 0.25) is 0 Å². The summed E-state index contributed by atoms with van der Waals surface area (Å²) in [5, 5.41) is 11.8. The van der Waals surface area contributed by atoms with Crippen LogP contribution in [0.15, 0.2) is 77.2 Å². The molecule has 0 saturated heterocycles. The third-order valence-electron chi connectivity index (χ3n) is 4.30. The first-order chi connectivity index (χ1) is 12.6. The summed E-state index contributed by atoms with van der Waals surface area (Å²) in [5.74, 6) is 1.58. The van der Waals surface area contributed by atoms with Gasteiger partial charge in [0.05, 0.1) is 12.0 Å². The van der Waals surface area contributed by atoms with Crippen LogP contribution in [0.2, 0.25) is 0 Å². The summed E-state index contributed by atoms with van der Waals surface area (Å²) in [6, 6.07) is 22.1. The molecule has 128 valence electrons. The lowest BCUT2D eigenvalue weighted by atomic mass is 10.0. The van der Waals surface area contributed by atoms with Crippen molar-refractivity contribution in [3.05, 3.63) is 82.9 Å². The van der Waals surface area contributed by atoms with E-state index in [1.165, 1.54) is 12.1 Å². The third-order valence-corrected chi connectivity index (χ3v) is 4.30. The molecule has 0 N–H and O–H groups in total. The number of nitro groups is 1. The molecule has 1 heterocycles. The SMILES string of the molecule is COc1ccc(-c2cc3cc(-c4ccc([N+](=O)[O-])cc4)ccc3o2)cc1. The van der Waals surface area contributed by atoms with Gasteiger partial charge >= 0.3 is 0 Å². The summed E-state index contributed by atoms with van der Waals surface area (Å²) in [4.78, 5) is 10.4. The molecule has 0 aliphatic heterocycles. The Morgan fingerprint density at radius 2 is 1.50 bits per heavy atom. The molecule has 0 radical (unpaired) electrons. The molecule has 5 heteroatoms. The largest absolute Gasteiger partial charge is 0.497 e. The Morgan fingerprint density at radius 1 is 0.846 bits per heavy atom. The summed E-state index contributed by atoms with van der Waals surface area (Å²) in [7, 11) is 1.63. The van der Waals surface area contributed by atoms with Crippen molar-refractivity contribution in [1.29, 1.82) is 0 Å². The van der Waals surface area contributed by atoms with Crippen LogP contribution < -0.4 is 4.74 Å². The number of hydrogen-bond acceptors (Lipinski definition) is 4. The van der Waals surface area contributed by atoms with Gasteiger partial charge < -0.3 is 9.15 Å². The maximum absolute atomic E-state index is 10.8. The van der Waals surface area contributed by atoms with Crippen LogP contribution in [0.25, 0.3) is 33.4 Å². The topological polar surface area (TPSA) is 65.5 Å². The first kappa shape index (κ1) is 15.9. The number of hydrogen-bond donors (Lipinski definition) is 0. The molecule has 5 nitrogen and oxygen atoms in total. The molecule has 0 amide bonds. The second kappa shape index (κ2) is 6.37. The van der Waals surface area contributed by atoms with Gasteiger partial charge in [-0.05, 0) is 65.7 Å². The van der Waals surface area contributed by atoms with E-state index in [0.717, 1.165) is 39.2 Å². The zero-order valence-electron chi connectivity index (χ0n) is 14.0. The number of rotatable bonds is 4. The van der Waals surface area contributed by atoms with Crippen LogP contribution in [0.5, 0.6) is 5.75 Å². The summed E-state index contributed by atoms with van der Waals surface area (Å²) in [5.41, 5.74) is 3.75. The molecule has 0 aliphatic carbocycles. The molecule has 0 aliphatic rings. The van der Waals surface area contributed by atoms with Crippen LogP contribution in [0.4, 0.5) is 5.69 Å². The van der Waals surface area contributed by atoms with Crippen molar-refractivity contribution in [3.8, 4) is 28.2 Å². The van der Waals surface area contributed by atoms with Crippen molar-refractivity contribution in [2.75, 3.05) is 7.11 Å². The highest BCUT2D eigenvalue weighted by atomic mass is 16.6. The molecule has 4 rings (SSSR count). The monoisotopic (exact) mass is 345 g/mol. The van der Waals surface area contributed by atoms with Crippen LogP contribution in [0.3, 0.4) is 0 Å². The van der Waals surface area contributed by atoms with Crippen LogP contribution in [0.1, 0.15) is 0 Å². The Labute approximate surface area is 149 Å². The summed E-state index contributed by atoms with van der Waals surface area (Å²) < 4.78 is 11.1. The van der Waals surface area contributed by atoms with Crippen molar-refractivity contribution >= 4 is 16.7 Å². The van der Waals surface area contributed by atoms with E-state index in [1.54, 1.807) is 19.2 Å². The van der Waals surface area contributed by atoms with Gasteiger partial charge in [0, 0.05) is 23.1 Å². The molecule has 3 aromatic carbocycles. The van der Waals surface area contributed by atoms with Crippen molar-refractivity contribution in [3.63, 3.8) is 0 Å². The predicted octanol–water partition coefficient (Wildman–Crippen LogP) is 5.68. The molecule has 0 spiro atoms. The number of benzene rings is 3. The minimum atomic E-state index is -0.399. The Bertz CT molecular complexity index is 1080. The van der Waals surface area contributed by atoms with Crippen molar-refractivity contribution < 1.29 is 14.1 Å². The number of ether oxygens (including phenoxy) is 1. The summed E-state index contributed by atoms with van der Waals surface area (Å²) in [6.45, 7) is 0. The quantitative estimate of drug-likeness (QED) is 0.352. The van der Waals surface area contributed by atoms with Gasteiger partial charge in [-0.1, -0.05) is 6.07 Å². The van der Waals surface area contributed by atoms with Gasteiger partial charge in [-0.2, -0.15) is 0 Å². The first-order valence-corrected chi connectivity index (χ1v) is 8.07. The Hall–Kier alpha value is -3.60. The number of nitro benzene ring substituents is 1. The lowest BCUT2D eigenvalue weighted by Gasteiger charge is -2.01. The minimum Gasteiger partial charge on any atom is -0.497 e. The molecule has 0 atom stereocenters. The fraction of sp³-hybridized carbons (Fsp3) is 0.0476. The van der Waals surface area contributed by atoms with E-state index in [4.69, 9.17) is 9.15 Å². The Balaban J connectivity index is 1.69. The summed E-state index contributed by atoms with van der Waals surface area (Å²) in [6.07, 6.45) is 0. The number of methoxy groups -OCH3 is 1. The average Bonchev–Trinajstić information content (AvgIpc) is 3.11. The van der Waals surface area contributed by atoms with Gasteiger partial charge in [-0.3, -0.25) is 10.1 Å². The maximum Gasteiger partial charge on any atom is 0.269 e. The Kier molecular flexibility index (Phi) is 3.89. The van der Waals surface area contributed by atoms with E-state index in [1.807, 2.05) is 48.5 Å². The van der Waals surface area contributed by atoms with E-state index in [2.05, 4.69) is 0 Å². The zero-order chi connectivity index (χ0) is 18.1. The van der Waals surface area contributed by atoms with E-state index in [-0.39, 0.29) is 5.69 Å². The first-order valence-electron chi connectivity index (χ1n) is 8.07. The van der Waals surface area contributed by atoms with Crippen molar-refractivity contribution in [1.82, 2.24) is 0 Å². The molecule has 0 bridgehead atoms. The number of fused-ring (bicyclic) bond motifs is 1. The summed E-state index contributed by atoms with van der Waals surface area (Å²) >= 11 is 0. The number of non-ortho nitro benzene ring substituents is 1. The van der Waals surface area contributed by atoms with Crippen LogP contribution in [-0.2, 0) is 0 Å². The Morgan fingerprint density at radius 3 is 2.15 bits per heavy atom. The molecular formula is C21H15NO4. The predicted molar refractivity (Wildman–Crippen MR) is 100 cm³/mol. The average molecular weight is 345 g/mol. The number of nitrogens with zero attached hydrogens (tertiary/aromatic N) is 1. The van der Waals surface area contributed by atoms with Gasteiger partial charge in [0.1, 0.15) is 17.1 Å². The van der Waals surface area contributed by atoms with Crippen LogP contribution in [0, 0.1) is 10.1 Å². The van der Waals surface area contributed by atoms with Gasteiger partial charge in [-0.15, -0.1) is 0 Å². The van der Waals surface area contributed by atoms with Crippen LogP contribution >= 0.6 is 0 Å². The van der Waals surface area contributed by atoms with Gasteiger partial charge in [-0.25, -0.2) is 0 Å². The van der Waals surface area contributed by atoms with E-state index in [0.29, 0.717) is 0 Å². The molecule has 0 saturated carbocycles. The second-order valence-corrected chi connectivity index (χ2v) is 5.90. The van der Waals surface area contributed by atoms with E-state index < -0.39 is 4.92 Å². The molecule has 0 unspecified atom stereocenters. The van der Waals surface area contributed by atoms with E-state index >= 15 is 0 Å².